The number of nitrogens with one attached hydrogen (secondary N) is 5. The molecule has 21 N–H and O–H groups in total. The lowest BCUT2D eigenvalue weighted by molar-refractivity contribution is -0.128. The van der Waals surface area contributed by atoms with Crippen molar-refractivity contribution in [2.24, 2.45) is 17.2 Å². The fourth-order valence-electron chi connectivity index (χ4n) is 10.4. The summed E-state index contributed by atoms with van der Waals surface area (Å²) in [6.07, 6.45) is 13.1. The van der Waals surface area contributed by atoms with Crippen LogP contribution in [-0.4, -0.2) is 176 Å². The number of primary amides is 1. The van der Waals surface area contributed by atoms with Crippen molar-refractivity contribution in [3.05, 3.63) is 63.3 Å². The number of aromatic nitrogens is 20. The third-order valence-electron chi connectivity index (χ3n) is 14.5. The van der Waals surface area contributed by atoms with Gasteiger partial charge in [-0.25, -0.2) is 74.8 Å². The van der Waals surface area contributed by atoms with Crippen LogP contribution in [0.4, 0.5) is 29.1 Å². The monoisotopic (exact) mass is 1240 g/mol. The predicted octanol–water partition coefficient (Wildman–Crippen LogP) is -4.59. The molecule has 0 fully saturated rings. The summed E-state index contributed by atoms with van der Waals surface area (Å²) in [5.74, 6) is -3.23. The Kier molecular flexibility index (Phi) is 18.8. The number of rotatable bonds is 30. The molecule has 6 amide bonds. The largest absolute Gasteiger partial charge is 0.382 e. The lowest BCUT2D eigenvalue weighted by Gasteiger charge is -2.25. The van der Waals surface area contributed by atoms with Gasteiger partial charge in [0.05, 0.1) is 55.8 Å². The molecule has 10 aromatic heterocycles. The number of carbonyl (C=O) groups is 6. The number of hydrogen-bond donors (Lipinski definition) is 13. The molecular formula is C51H65N33O6. The maximum atomic E-state index is 14.8. The summed E-state index contributed by atoms with van der Waals surface area (Å²) in [7, 11) is 0. The third kappa shape index (κ3) is 14.7. The van der Waals surface area contributed by atoms with Gasteiger partial charge in [-0.1, -0.05) is 0 Å². The van der Waals surface area contributed by atoms with Gasteiger partial charge >= 0.3 is 0 Å². The van der Waals surface area contributed by atoms with E-state index in [1.165, 1.54) is 63.3 Å². The number of hydrogen-bond acceptors (Lipinski definition) is 28. The van der Waals surface area contributed by atoms with Crippen LogP contribution in [-0.2, 0) is 61.5 Å². The molecular weight excluding hydrogens is 1170 g/mol. The Balaban J connectivity index is 0.897. The number of unbranched alkanes of at least 4 members (excludes halogenated alkanes) is 1. The minimum absolute atomic E-state index is 0.0446. The van der Waals surface area contributed by atoms with Gasteiger partial charge in [0.1, 0.15) is 65.3 Å². The molecule has 6 atom stereocenters. The van der Waals surface area contributed by atoms with Crippen LogP contribution < -0.4 is 72.5 Å². The number of carbonyl (C=O) groups excluding carboxylic acids is 6. The van der Waals surface area contributed by atoms with E-state index >= 15 is 0 Å². The molecule has 0 spiro atoms. The molecule has 0 saturated carbocycles. The van der Waals surface area contributed by atoms with E-state index in [-0.39, 0.29) is 110 Å². The fourth-order valence-corrected chi connectivity index (χ4v) is 10.4. The standard InChI is InChI=1S/C51H65N33O6/c52-4-2-1-3-30(46(59)90)79-35(89)9-29(14-84-24-74-40-45(58)64-19-69-51(40)84)78-34(88)8-28(13-83-23-73-39-44(57)63-18-68-50(39)83)77-33(87)7-27(12-82-22-72-38-43(56)62-17-67-49(38)82)76-32(86)6-26(11-81-21-71-37-42(55)61-16-66-48(37)81)75-31(85)5-25(53)10-80-20-70-36-41(54)60-15-65-47(36)80/h15-30H,1-14,52-53H2,(H2,59,90)(H,75,85)(H,76,86)(H,77,87)(H,78,88)(H,79,89)(H2,54,60,65)(H2,55,61,66)(H2,56,62,67)(H2,57,63,68)(H2,58,64,69)/t25-,26-,27-,28-,29-,30-/m0/s1. The van der Waals surface area contributed by atoms with E-state index in [4.69, 9.17) is 45.9 Å². The van der Waals surface area contributed by atoms with Crippen LogP contribution in [0.1, 0.15) is 51.4 Å². The quantitative estimate of drug-likeness (QED) is 0.0188. The van der Waals surface area contributed by atoms with Crippen LogP contribution in [0.5, 0.6) is 0 Å². The van der Waals surface area contributed by atoms with Gasteiger partial charge in [-0.2, -0.15) is 0 Å². The van der Waals surface area contributed by atoms with Crippen LogP contribution in [0.3, 0.4) is 0 Å². The molecule has 0 aliphatic heterocycles. The number of anilines is 5. The number of fused-ring (bicyclic) bond motifs is 5. The van der Waals surface area contributed by atoms with Gasteiger partial charge < -0.3 is 95.3 Å². The number of nitrogens with two attached hydrogens (primary N) is 8. The Hall–Kier alpha value is -11.5. The first-order valence-corrected chi connectivity index (χ1v) is 28.2. The molecule has 10 rings (SSSR count). The van der Waals surface area contributed by atoms with Gasteiger partial charge in [-0.15, -0.1) is 0 Å². The van der Waals surface area contributed by atoms with Crippen LogP contribution >= 0.6 is 0 Å². The number of imidazole rings is 5. The molecule has 0 radical (unpaired) electrons. The van der Waals surface area contributed by atoms with Crippen molar-refractivity contribution in [1.29, 1.82) is 0 Å². The Labute approximate surface area is 507 Å². The van der Waals surface area contributed by atoms with Crippen molar-refractivity contribution < 1.29 is 28.8 Å². The van der Waals surface area contributed by atoms with Gasteiger partial charge in [0.25, 0.3) is 0 Å². The maximum absolute atomic E-state index is 14.8. The summed E-state index contributed by atoms with van der Waals surface area (Å²) in [5, 5.41) is 14.5. The average Bonchev–Trinajstić information content (AvgIpc) is 1.92. The highest BCUT2D eigenvalue weighted by Crippen LogP contribution is 2.21. The van der Waals surface area contributed by atoms with E-state index in [1.54, 1.807) is 22.8 Å². The van der Waals surface area contributed by atoms with E-state index in [0.717, 1.165) is 0 Å². The molecule has 470 valence electrons. The Morgan fingerprint density at radius 1 is 0.367 bits per heavy atom. The highest BCUT2D eigenvalue weighted by molar-refractivity contribution is 5.89. The van der Waals surface area contributed by atoms with Crippen molar-refractivity contribution in [3.63, 3.8) is 0 Å². The minimum Gasteiger partial charge on any atom is -0.382 e. The second-order valence-corrected chi connectivity index (χ2v) is 21.3. The van der Waals surface area contributed by atoms with E-state index in [9.17, 15) is 28.8 Å². The molecule has 0 aromatic carbocycles. The third-order valence-corrected chi connectivity index (χ3v) is 14.5. The first-order valence-electron chi connectivity index (χ1n) is 28.2. The van der Waals surface area contributed by atoms with Crippen molar-refractivity contribution in [2.45, 2.75) is 120 Å². The zero-order valence-electron chi connectivity index (χ0n) is 48.1. The van der Waals surface area contributed by atoms with Crippen LogP contribution in [0.15, 0.2) is 63.3 Å². The second-order valence-electron chi connectivity index (χ2n) is 21.3. The van der Waals surface area contributed by atoms with Crippen LogP contribution in [0.25, 0.3) is 55.8 Å². The summed E-state index contributed by atoms with van der Waals surface area (Å²) in [6, 6.07) is -5.85. The number of amides is 6. The molecule has 0 bridgehead atoms. The van der Waals surface area contributed by atoms with E-state index in [1.807, 2.05) is 0 Å². The Bertz CT molecular complexity index is 4250. The van der Waals surface area contributed by atoms with Crippen LogP contribution in [0, 0.1) is 0 Å². The smallest absolute Gasteiger partial charge is 0.239 e. The molecule has 0 aliphatic rings. The average molecular weight is 1240 g/mol. The summed E-state index contributed by atoms with van der Waals surface area (Å²) in [6.45, 7) is 0.148. The van der Waals surface area contributed by atoms with Gasteiger partial charge in [-0.3, -0.25) is 28.8 Å². The number of nitrogens with zero attached hydrogens (tertiary/aromatic N) is 20. The van der Waals surface area contributed by atoms with Gasteiger partial charge in [-0.05, 0) is 25.8 Å². The van der Waals surface area contributed by atoms with E-state index < -0.39 is 84.5 Å². The van der Waals surface area contributed by atoms with E-state index in [2.05, 4.69) is 101 Å². The first-order chi connectivity index (χ1) is 43.4. The van der Waals surface area contributed by atoms with Gasteiger partial charge in [0, 0.05) is 70.9 Å². The highest BCUT2D eigenvalue weighted by atomic mass is 16.2. The highest BCUT2D eigenvalue weighted by Gasteiger charge is 2.29. The topological polar surface area (TPSA) is 589 Å². The molecule has 0 aliphatic carbocycles. The lowest BCUT2D eigenvalue weighted by Crippen LogP contribution is -2.49. The van der Waals surface area contributed by atoms with Crippen molar-refractivity contribution in [3.8, 4) is 0 Å². The van der Waals surface area contributed by atoms with Crippen molar-refractivity contribution in [1.82, 2.24) is 124 Å². The first kappa shape index (κ1) is 61.6. The summed E-state index contributed by atoms with van der Waals surface area (Å²) in [5.41, 5.74) is 51.5. The van der Waals surface area contributed by atoms with E-state index in [0.29, 0.717) is 53.0 Å². The summed E-state index contributed by atoms with van der Waals surface area (Å²) >= 11 is 0. The Morgan fingerprint density at radius 2 is 0.633 bits per heavy atom. The van der Waals surface area contributed by atoms with Gasteiger partial charge in [0.2, 0.25) is 35.4 Å². The molecule has 10 aromatic rings. The number of nitrogen functional groups attached to an aromatic ring is 5. The summed E-state index contributed by atoms with van der Waals surface area (Å²) < 4.78 is 7.98. The minimum atomic E-state index is -1.06. The zero-order chi connectivity index (χ0) is 63.6. The molecule has 0 unspecified atom stereocenters. The molecule has 39 heteroatoms. The fraction of sp³-hybridized carbons (Fsp3) is 0.392. The molecule has 0 saturated heterocycles. The van der Waals surface area contributed by atoms with Crippen molar-refractivity contribution >= 4 is 120 Å². The molecule has 90 heavy (non-hydrogen) atoms. The molecule has 39 nitrogen and oxygen atoms in total. The predicted molar refractivity (Wildman–Crippen MR) is 321 cm³/mol. The second kappa shape index (κ2) is 27.5. The Morgan fingerprint density at radius 3 is 0.911 bits per heavy atom. The van der Waals surface area contributed by atoms with Crippen LogP contribution in [0.2, 0.25) is 0 Å². The van der Waals surface area contributed by atoms with Crippen molar-refractivity contribution in [2.75, 3.05) is 35.2 Å². The zero-order valence-corrected chi connectivity index (χ0v) is 48.1. The lowest BCUT2D eigenvalue weighted by atomic mass is 10.1. The maximum Gasteiger partial charge on any atom is 0.239 e. The normalized spacial score (nSPS) is 13.7. The summed E-state index contributed by atoms with van der Waals surface area (Å²) in [4.78, 5) is 147. The SMILES string of the molecule is NCCCC[C@H](NC(=O)C[C@@H](Cn1cnc2c(N)ncnc21)NC(=O)C[C@@H](Cn1cnc2c(N)ncnc21)NC(=O)C[C@@H](Cn1cnc2c(N)ncnc21)NC(=O)C[C@@H](Cn1cnc2c(N)ncnc21)NC(=O)C[C@H](N)Cn1cnc2c(N)ncnc21)C(N)=O. The molecule has 10 heterocycles. The van der Waals surface area contributed by atoms with Gasteiger partial charge in [0.15, 0.2) is 57.3 Å².